The molecule has 1 aliphatic rings. The highest BCUT2D eigenvalue weighted by Gasteiger charge is 2.48. The van der Waals surface area contributed by atoms with E-state index in [9.17, 15) is 0 Å². The number of aryl methyl sites for hydroxylation is 1. The number of aromatic nitrogens is 1. The summed E-state index contributed by atoms with van der Waals surface area (Å²) in [5.41, 5.74) is 7.62. The van der Waals surface area contributed by atoms with Crippen LogP contribution in [0.15, 0.2) is 12.3 Å². The molecule has 1 aromatic heterocycles. The van der Waals surface area contributed by atoms with Gasteiger partial charge < -0.3 is 15.8 Å². The molecule has 1 heterocycles. The van der Waals surface area contributed by atoms with E-state index in [4.69, 9.17) is 10.5 Å². The SMILES string of the molecule is COC1CC(Nc2ncc(N)cc2C)C1(C)C. The average molecular weight is 235 g/mol. The average Bonchev–Trinajstić information content (AvgIpc) is 2.26. The fourth-order valence-corrected chi connectivity index (χ4v) is 2.44. The number of methoxy groups -OCH3 is 1. The fraction of sp³-hybridized carbons (Fsp3) is 0.615. The van der Waals surface area contributed by atoms with Crippen molar-refractivity contribution in [1.29, 1.82) is 0 Å². The summed E-state index contributed by atoms with van der Waals surface area (Å²) in [6, 6.07) is 2.34. The third-order valence-electron chi connectivity index (χ3n) is 3.87. The van der Waals surface area contributed by atoms with Gasteiger partial charge in [0.25, 0.3) is 0 Å². The lowest BCUT2D eigenvalue weighted by molar-refractivity contribution is -0.0795. The zero-order valence-electron chi connectivity index (χ0n) is 10.9. The van der Waals surface area contributed by atoms with Crippen molar-refractivity contribution in [2.75, 3.05) is 18.2 Å². The van der Waals surface area contributed by atoms with E-state index >= 15 is 0 Å². The summed E-state index contributed by atoms with van der Waals surface area (Å²) in [5, 5.41) is 3.48. The van der Waals surface area contributed by atoms with Crippen molar-refractivity contribution in [1.82, 2.24) is 4.98 Å². The van der Waals surface area contributed by atoms with Crippen molar-refractivity contribution in [3.8, 4) is 0 Å². The second-order valence-electron chi connectivity index (χ2n) is 5.41. The molecule has 1 fully saturated rings. The maximum Gasteiger partial charge on any atom is 0.129 e. The van der Waals surface area contributed by atoms with Gasteiger partial charge in [-0.3, -0.25) is 0 Å². The van der Waals surface area contributed by atoms with Crippen LogP contribution >= 0.6 is 0 Å². The Labute approximate surface area is 103 Å². The van der Waals surface area contributed by atoms with Crippen LogP contribution in [0.5, 0.6) is 0 Å². The van der Waals surface area contributed by atoms with Gasteiger partial charge >= 0.3 is 0 Å². The predicted octanol–water partition coefficient (Wildman–Crippen LogP) is 2.20. The Kier molecular flexibility index (Phi) is 3.00. The highest BCUT2D eigenvalue weighted by molar-refractivity contribution is 5.51. The van der Waals surface area contributed by atoms with E-state index in [2.05, 4.69) is 24.1 Å². The lowest BCUT2D eigenvalue weighted by Gasteiger charge is -2.51. The number of ether oxygens (including phenoxy) is 1. The van der Waals surface area contributed by atoms with Gasteiger partial charge in [-0.2, -0.15) is 0 Å². The normalized spacial score (nSPS) is 26.4. The van der Waals surface area contributed by atoms with Gasteiger partial charge in [0.1, 0.15) is 5.82 Å². The molecule has 0 aliphatic heterocycles. The van der Waals surface area contributed by atoms with Gasteiger partial charge in [-0.15, -0.1) is 0 Å². The van der Waals surface area contributed by atoms with Crippen molar-refractivity contribution in [3.05, 3.63) is 17.8 Å². The lowest BCUT2D eigenvalue weighted by atomic mass is 9.64. The molecule has 0 radical (unpaired) electrons. The molecule has 1 aromatic rings. The van der Waals surface area contributed by atoms with Crippen LogP contribution in [0.1, 0.15) is 25.8 Å². The monoisotopic (exact) mass is 235 g/mol. The first-order valence-electron chi connectivity index (χ1n) is 5.96. The van der Waals surface area contributed by atoms with Crippen LogP contribution in [0.4, 0.5) is 11.5 Å². The van der Waals surface area contributed by atoms with Crippen LogP contribution < -0.4 is 11.1 Å². The lowest BCUT2D eigenvalue weighted by Crippen LogP contribution is -2.57. The first kappa shape index (κ1) is 12.2. The first-order valence-corrected chi connectivity index (χ1v) is 5.96. The van der Waals surface area contributed by atoms with Crippen LogP contribution in [0.3, 0.4) is 0 Å². The van der Waals surface area contributed by atoms with Crippen molar-refractivity contribution < 1.29 is 4.74 Å². The number of hydrogen-bond donors (Lipinski definition) is 2. The topological polar surface area (TPSA) is 60.2 Å². The fourth-order valence-electron chi connectivity index (χ4n) is 2.44. The molecule has 0 bridgehead atoms. The molecule has 0 saturated heterocycles. The molecule has 2 atom stereocenters. The molecule has 4 heteroatoms. The minimum atomic E-state index is 0.143. The van der Waals surface area contributed by atoms with Crippen LogP contribution in [0.25, 0.3) is 0 Å². The number of rotatable bonds is 3. The molecular formula is C13H21N3O. The third kappa shape index (κ3) is 2.09. The van der Waals surface area contributed by atoms with Crippen molar-refractivity contribution in [2.24, 2.45) is 5.41 Å². The van der Waals surface area contributed by atoms with Crippen molar-refractivity contribution >= 4 is 11.5 Å². The molecule has 0 aromatic carbocycles. The summed E-state index contributed by atoms with van der Waals surface area (Å²) in [4.78, 5) is 4.34. The van der Waals surface area contributed by atoms with Gasteiger partial charge in [-0.05, 0) is 25.0 Å². The Hall–Kier alpha value is -1.29. The first-order chi connectivity index (χ1) is 7.95. The summed E-state index contributed by atoms with van der Waals surface area (Å²) < 4.78 is 5.44. The second-order valence-corrected chi connectivity index (χ2v) is 5.41. The van der Waals surface area contributed by atoms with Gasteiger partial charge in [0.15, 0.2) is 0 Å². The van der Waals surface area contributed by atoms with Crippen LogP contribution in [-0.2, 0) is 4.74 Å². The Morgan fingerprint density at radius 1 is 1.53 bits per heavy atom. The summed E-state index contributed by atoms with van der Waals surface area (Å²) in [7, 11) is 1.77. The van der Waals surface area contributed by atoms with E-state index in [-0.39, 0.29) is 5.41 Å². The van der Waals surface area contributed by atoms with Gasteiger partial charge in [0, 0.05) is 18.6 Å². The summed E-state index contributed by atoms with van der Waals surface area (Å²) in [6.07, 6.45) is 3.04. The maximum absolute atomic E-state index is 5.69. The zero-order chi connectivity index (χ0) is 12.6. The summed E-state index contributed by atoms with van der Waals surface area (Å²) in [5.74, 6) is 0.923. The third-order valence-corrected chi connectivity index (χ3v) is 3.87. The second kappa shape index (κ2) is 4.18. The predicted molar refractivity (Wildman–Crippen MR) is 70.0 cm³/mol. The number of nitrogens with two attached hydrogens (primary N) is 1. The molecule has 4 nitrogen and oxygen atoms in total. The summed E-state index contributed by atoms with van der Waals surface area (Å²) >= 11 is 0. The Bertz CT molecular complexity index is 417. The minimum Gasteiger partial charge on any atom is -0.397 e. The van der Waals surface area contributed by atoms with Crippen LogP contribution in [0.2, 0.25) is 0 Å². The van der Waals surface area contributed by atoms with Gasteiger partial charge in [-0.1, -0.05) is 13.8 Å². The summed E-state index contributed by atoms with van der Waals surface area (Å²) in [6.45, 7) is 6.45. The number of nitrogens with zero attached hydrogens (tertiary/aromatic N) is 1. The molecule has 0 spiro atoms. The number of anilines is 2. The largest absolute Gasteiger partial charge is 0.397 e. The molecule has 94 valence electrons. The molecule has 2 rings (SSSR count). The number of nitrogens with one attached hydrogen (secondary N) is 1. The zero-order valence-corrected chi connectivity index (χ0v) is 10.9. The smallest absolute Gasteiger partial charge is 0.129 e. The van der Waals surface area contributed by atoms with Crippen LogP contribution in [0, 0.1) is 12.3 Å². The molecule has 1 aliphatic carbocycles. The van der Waals surface area contributed by atoms with Crippen LogP contribution in [-0.4, -0.2) is 24.2 Å². The van der Waals surface area contributed by atoms with Gasteiger partial charge in [0.2, 0.25) is 0 Å². The van der Waals surface area contributed by atoms with E-state index in [0.29, 0.717) is 17.8 Å². The Morgan fingerprint density at radius 2 is 2.24 bits per heavy atom. The van der Waals surface area contributed by atoms with E-state index in [1.54, 1.807) is 13.3 Å². The number of hydrogen-bond acceptors (Lipinski definition) is 4. The Morgan fingerprint density at radius 3 is 2.76 bits per heavy atom. The number of pyridine rings is 1. The molecule has 1 saturated carbocycles. The number of nitrogen functional groups attached to an aromatic ring is 1. The maximum atomic E-state index is 5.69. The van der Waals surface area contributed by atoms with E-state index in [0.717, 1.165) is 17.8 Å². The standard InChI is InChI=1S/C13H21N3O/c1-8-5-9(14)7-15-12(8)16-10-6-11(17-4)13(10,2)3/h5,7,10-11H,6,14H2,1-4H3,(H,15,16). The van der Waals surface area contributed by atoms with E-state index < -0.39 is 0 Å². The van der Waals surface area contributed by atoms with Gasteiger partial charge in [-0.25, -0.2) is 4.98 Å². The van der Waals surface area contributed by atoms with Crippen molar-refractivity contribution in [2.45, 2.75) is 39.3 Å². The molecule has 2 unspecified atom stereocenters. The van der Waals surface area contributed by atoms with E-state index in [1.165, 1.54) is 0 Å². The molecule has 3 N–H and O–H groups in total. The molecule has 17 heavy (non-hydrogen) atoms. The Balaban J connectivity index is 2.08. The quantitative estimate of drug-likeness (QED) is 0.843. The highest BCUT2D eigenvalue weighted by Crippen LogP contribution is 2.44. The van der Waals surface area contributed by atoms with Crippen molar-refractivity contribution in [3.63, 3.8) is 0 Å². The molecular weight excluding hydrogens is 214 g/mol. The highest BCUT2D eigenvalue weighted by atomic mass is 16.5. The molecule has 0 amide bonds. The van der Waals surface area contributed by atoms with Gasteiger partial charge in [0.05, 0.1) is 18.0 Å². The van der Waals surface area contributed by atoms with E-state index in [1.807, 2.05) is 13.0 Å². The minimum absolute atomic E-state index is 0.143.